The number of carboxylic acids is 1. The Kier molecular flexibility index (Phi) is 2.97. The molecule has 0 aromatic carbocycles. The van der Waals surface area contributed by atoms with Gasteiger partial charge in [0.2, 0.25) is 0 Å². The van der Waals surface area contributed by atoms with Gasteiger partial charge in [0.25, 0.3) is 0 Å². The third-order valence-corrected chi connectivity index (χ3v) is 1.72. The van der Waals surface area contributed by atoms with E-state index in [0.717, 1.165) is 11.1 Å². The van der Waals surface area contributed by atoms with Crippen LogP contribution in [-0.2, 0) is 4.79 Å². The molecule has 0 bridgehead atoms. The summed E-state index contributed by atoms with van der Waals surface area (Å²) in [5.74, 6) is -0.894. The van der Waals surface area contributed by atoms with E-state index in [0.29, 0.717) is 0 Å². The minimum absolute atomic E-state index is 0.0644. The maximum absolute atomic E-state index is 10.4. The molecule has 1 atom stereocenters. The smallest absolute Gasteiger partial charge is 0.305 e. The number of hydrogen-bond donors (Lipinski definition) is 2. The number of aromatic nitrogens is 1. The number of nitrogens with two attached hydrogens (primary N) is 1. The van der Waals surface area contributed by atoms with Crippen LogP contribution >= 0.6 is 0 Å². The highest BCUT2D eigenvalue weighted by Gasteiger charge is 2.10. The predicted octanol–water partition coefficient (Wildman–Crippen LogP) is 0.865. The summed E-state index contributed by atoms with van der Waals surface area (Å²) in [7, 11) is 0. The van der Waals surface area contributed by atoms with Gasteiger partial charge in [-0.25, -0.2) is 0 Å². The van der Waals surface area contributed by atoms with E-state index in [9.17, 15) is 4.79 Å². The lowest BCUT2D eigenvalue weighted by atomic mass is 10.1. The van der Waals surface area contributed by atoms with Gasteiger partial charge in [0.05, 0.1) is 6.42 Å². The van der Waals surface area contributed by atoms with Crippen molar-refractivity contribution in [3.63, 3.8) is 0 Å². The van der Waals surface area contributed by atoms with Crippen molar-refractivity contribution >= 4 is 5.97 Å². The van der Waals surface area contributed by atoms with Gasteiger partial charge in [0, 0.05) is 18.4 Å². The molecule has 1 aromatic rings. The number of pyridine rings is 1. The fourth-order valence-electron chi connectivity index (χ4n) is 1.09. The highest BCUT2D eigenvalue weighted by molar-refractivity contribution is 5.67. The SMILES string of the molecule is Cc1cncc(C(N)CC(=O)O)c1. The minimum atomic E-state index is -0.894. The summed E-state index contributed by atoms with van der Waals surface area (Å²) in [6.07, 6.45) is 3.24. The topological polar surface area (TPSA) is 76.2 Å². The highest BCUT2D eigenvalue weighted by Crippen LogP contribution is 2.13. The number of aliphatic carboxylic acids is 1. The zero-order chi connectivity index (χ0) is 9.84. The maximum Gasteiger partial charge on any atom is 0.305 e. The summed E-state index contributed by atoms with van der Waals surface area (Å²) >= 11 is 0. The fourth-order valence-corrected chi connectivity index (χ4v) is 1.09. The Morgan fingerprint density at radius 2 is 2.38 bits per heavy atom. The van der Waals surface area contributed by atoms with Crippen LogP contribution in [-0.4, -0.2) is 16.1 Å². The van der Waals surface area contributed by atoms with E-state index in [2.05, 4.69) is 4.98 Å². The van der Waals surface area contributed by atoms with Crippen molar-refractivity contribution < 1.29 is 9.90 Å². The highest BCUT2D eigenvalue weighted by atomic mass is 16.4. The van der Waals surface area contributed by atoms with Gasteiger partial charge in [-0.3, -0.25) is 9.78 Å². The molecule has 3 N–H and O–H groups in total. The molecule has 0 aliphatic carbocycles. The summed E-state index contributed by atoms with van der Waals surface area (Å²) in [5, 5.41) is 8.51. The molecule has 13 heavy (non-hydrogen) atoms. The summed E-state index contributed by atoms with van der Waals surface area (Å²) in [4.78, 5) is 14.3. The molecule has 1 rings (SSSR count). The molecule has 0 fully saturated rings. The molecule has 4 heteroatoms. The molecule has 1 heterocycles. The van der Waals surface area contributed by atoms with Crippen LogP contribution in [0.4, 0.5) is 0 Å². The van der Waals surface area contributed by atoms with Gasteiger partial charge in [-0.2, -0.15) is 0 Å². The van der Waals surface area contributed by atoms with Crippen molar-refractivity contribution in [2.45, 2.75) is 19.4 Å². The number of nitrogens with zero attached hydrogens (tertiary/aromatic N) is 1. The fraction of sp³-hybridized carbons (Fsp3) is 0.333. The first kappa shape index (κ1) is 9.67. The molecule has 0 amide bonds. The second-order valence-corrected chi connectivity index (χ2v) is 3.00. The maximum atomic E-state index is 10.4. The summed E-state index contributed by atoms with van der Waals surface area (Å²) in [6.45, 7) is 1.89. The Morgan fingerprint density at radius 1 is 1.69 bits per heavy atom. The second kappa shape index (κ2) is 4.00. The van der Waals surface area contributed by atoms with E-state index in [-0.39, 0.29) is 6.42 Å². The van der Waals surface area contributed by atoms with Gasteiger partial charge in [0.1, 0.15) is 0 Å². The predicted molar refractivity (Wildman–Crippen MR) is 48.2 cm³/mol. The van der Waals surface area contributed by atoms with Crippen LogP contribution in [0, 0.1) is 6.92 Å². The van der Waals surface area contributed by atoms with Crippen molar-refractivity contribution in [2.24, 2.45) is 5.73 Å². The normalized spacial score (nSPS) is 12.5. The molecular weight excluding hydrogens is 168 g/mol. The van der Waals surface area contributed by atoms with Crippen LogP contribution in [0.15, 0.2) is 18.5 Å². The van der Waals surface area contributed by atoms with Crippen LogP contribution in [0.1, 0.15) is 23.6 Å². The molecule has 0 aliphatic heterocycles. The third kappa shape index (κ3) is 2.83. The van der Waals surface area contributed by atoms with Crippen molar-refractivity contribution in [1.29, 1.82) is 0 Å². The van der Waals surface area contributed by atoms with Gasteiger partial charge in [-0.1, -0.05) is 6.07 Å². The average Bonchev–Trinajstić information content (AvgIpc) is 2.03. The van der Waals surface area contributed by atoms with Crippen molar-refractivity contribution in [1.82, 2.24) is 4.98 Å². The molecule has 1 aromatic heterocycles. The summed E-state index contributed by atoms with van der Waals surface area (Å²) in [5.41, 5.74) is 7.39. The van der Waals surface area contributed by atoms with Crippen LogP contribution < -0.4 is 5.73 Å². The van der Waals surface area contributed by atoms with Crippen molar-refractivity contribution in [3.8, 4) is 0 Å². The number of carboxylic acid groups (broad SMARTS) is 1. The van der Waals surface area contributed by atoms with E-state index < -0.39 is 12.0 Å². The van der Waals surface area contributed by atoms with E-state index >= 15 is 0 Å². The Balaban J connectivity index is 2.76. The lowest BCUT2D eigenvalue weighted by Crippen LogP contribution is -2.15. The summed E-state index contributed by atoms with van der Waals surface area (Å²) < 4.78 is 0. The molecule has 70 valence electrons. The van der Waals surface area contributed by atoms with Crippen LogP contribution in [0.5, 0.6) is 0 Å². The zero-order valence-corrected chi connectivity index (χ0v) is 7.40. The molecule has 4 nitrogen and oxygen atoms in total. The molecular formula is C9H12N2O2. The molecule has 0 radical (unpaired) electrons. The monoisotopic (exact) mass is 180 g/mol. The molecule has 0 saturated heterocycles. The van der Waals surface area contributed by atoms with Gasteiger partial charge < -0.3 is 10.8 Å². The van der Waals surface area contributed by atoms with Crippen LogP contribution in [0.3, 0.4) is 0 Å². The first-order valence-corrected chi connectivity index (χ1v) is 3.98. The Bertz CT molecular complexity index is 312. The average molecular weight is 180 g/mol. The lowest BCUT2D eigenvalue weighted by Gasteiger charge is -2.08. The van der Waals surface area contributed by atoms with E-state index in [4.69, 9.17) is 10.8 Å². The molecule has 1 unspecified atom stereocenters. The van der Waals surface area contributed by atoms with Gasteiger partial charge in [0.15, 0.2) is 0 Å². The number of rotatable bonds is 3. The van der Waals surface area contributed by atoms with Crippen molar-refractivity contribution in [2.75, 3.05) is 0 Å². The second-order valence-electron chi connectivity index (χ2n) is 3.00. The number of carbonyl (C=O) groups is 1. The molecule has 0 saturated carbocycles. The van der Waals surface area contributed by atoms with E-state index in [1.54, 1.807) is 12.4 Å². The Hall–Kier alpha value is -1.42. The third-order valence-electron chi connectivity index (χ3n) is 1.72. The largest absolute Gasteiger partial charge is 0.481 e. The van der Waals surface area contributed by atoms with E-state index in [1.165, 1.54) is 0 Å². The quantitative estimate of drug-likeness (QED) is 0.723. The van der Waals surface area contributed by atoms with Crippen LogP contribution in [0.2, 0.25) is 0 Å². The molecule has 0 spiro atoms. The number of aryl methyl sites for hydroxylation is 1. The molecule has 0 aliphatic rings. The Morgan fingerprint density at radius 3 is 2.92 bits per heavy atom. The Labute approximate surface area is 76.4 Å². The van der Waals surface area contributed by atoms with Gasteiger partial charge in [-0.05, 0) is 18.1 Å². The minimum Gasteiger partial charge on any atom is -0.481 e. The first-order valence-electron chi connectivity index (χ1n) is 3.98. The lowest BCUT2D eigenvalue weighted by molar-refractivity contribution is -0.137. The van der Waals surface area contributed by atoms with Crippen molar-refractivity contribution in [3.05, 3.63) is 29.6 Å². The standard InChI is InChI=1S/C9H12N2O2/c1-6-2-7(5-11-4-6)8(10)3-9(12)13/h2,4-5,8H,3,10H2,1H3,(H,12,13). The van der Waals surface area contributed by atoms with Gasteiger partial charge in [-0.15, -0.1) is 0 Å². The summed E-state index contributed by atoms with van der Waals surface area (Å²) in [6, 6.07) is 1.38. The number of hydrogen-bond acceptors (Lipinski definition) is 3. The van der Waals surface area contributed by atoms with E-state index in [1.807, 2.05) is 13.0 Å². The van der Waals surface area contributed by atoms with Gasteiger partial charge >= 0.3 is 5.97 Å². The van der Waals surface area contributed by atoms with Crippen LogP contribution in [0.25, 0.3) is 0 Å². The zero-order valence-electron chi connectivity index (χ0n) is 7.40. The first-order chi connectivity index (χ1) is 6.09.